The summed E-state index contributed by atoms with van der Waals surface area (Å²) in [5, 5.41) is 2.90. The van der Waals surface area contributed by atoms with Gasteiger partial charge in [-0.1, -0.05) is 12.1 Å². The third-order valence-corrected chi connectivity index (χ3v) is 3.65. The minimum absolute atomic E-state index is 0.219. The van der Waals surface area contributed by atoms with E-state index in [4.69, 9.17) is 13.9 Å². The van der Waals surface area contributed by atoms with Gasteiger partial charge in [-0.3, -0.25) is 4.79 Å². The molecule has 3 rings (SSSR count). The van der Waals surface area contributed by atoms with Gasteiger partial charge in [0.2, 0.25) is 6.10 Å². The summed E-state index contributed by atoms with van der Waals surface area (Å²) in [4.78, 5) is 12.5. The van der Waals surface area contributed by atoms with Crippen molar-refractivity contribution in [3.8, 4) is 11.5 Å². The van der Waals surface area contributed by atoms with Crippen LogP contribution in [-0.2, 0) is 4.79 Å². The fraction of sp³-hybridized carbons (Fsp3) is 0.353. The number of rotatable bonds is 3. The smallest absolute Gasteiger partial charge is 0.265 e. The van der Waals surface area contributed by atoms with E-state index in [-0.39, 0.29) is 18.1 Å². The summed E-state index contributed by atoms with van der Waals surface area (Å²) in [7, 11) is 0. The Bertz CT molecular complexity index is 679. The van der Waals surface area contributed by atoms with Crippen molar-refractivity contribution in [2.45, 2.75) is 39.0 Å². The molecule has 1 aromatic heterocycles. The zero-order valence-corrected chi connectivity index (χ0v) is 12.8. The number of aryl methyl sites for hydroxylation is 1. The molecule has 0 aliphatic carbocycles. The first-order chi connectivity index (χ1) is 10.5. The third-order valence-electron chi connectivity index (χ3n) is 3.65. The SMILES string of the molecule is Cc1ccc(C(C)NC(=O)C2Oc3ccccc3OC2C)o1. The van der Waals surface area contributed by atoms with Crippen LogP contribution in [0, 0.1) is 6.92 Å². The minimum atomic E-state index is -0.687. The fourth-order valence-corrected chi connectivity index (χ4v) is 2.46. The summed E-state index contributed by atoms with van der Waals surface area (Å²) in [6, 6.07) is 10.8. The van der Waals surface area contributed by atoms with Crippen LogP contribution in [-0.4, -0.2) is 18.1 Å². The maximum atomic E-state index is 12.5. The van der Waals surface area contributed by atoms with Crippen molar-refractivity contribution >= 4 is 5.91 Å². The molecule has 0 spiro atoms. The van der Waals surface area contributed by atoms with Crippen LogP contribution in [0.4, 0.5) is 0 Å². The Morgan fingerprint density at radius 3 is 2.45 bits per heavy atom. The van der Waals surface area contributed by atoms with Gasteiger partial charge in [0.25, 0.3) is 5.91 Å². The Kier molecular flexibility index (Phi) is 3.79. The zero-order valence-electron chi connectivity index (χ0n) is 12.8. The average molecular weight is 301 g/mol. The summed E-state index contributed by atoms with van der Waals surface area (Å²) in [5.41, 5.74) is 0. The fourth-order valence-electron chi connectivity index (χ4n) is 2.46. The number of benzene rings is 1. The second-order valence-corrected chi connectivity index (χ2v) is 5.49. The van der Waals surface area contributed by atoms with Crippen LogP contribution in [0.3, 0.4) is 0 Å². The maximum absolute atomic E-state index is 12.5. The number of fused-ring (bicyclic) bond motifs is 1. The van der Waals surface area contributed by atoms with Crippen LogP contribution in [0.25, 0.3) is 0 Å². The van der Waals surface area contributed by atoms with Crippen LogP contribution in [0.2, 0.25) is 0 Å². The van der Waals surface area contributed by atoms with E-state index in [0.29, 0.717) is 11.5 Å². The van der Waals surface area contributed by atoms with Crippen molar-refractivity contribution in [3.63, 3.8) is 0 Å². The molecular formula is C17H19NO4. The monoisotopic (exact) mass is 301 g/mol. The van der Waals surface area contributed by atoms with Gasteiger partial charge in [0.15, 0.2) is 11.5 Å². The van der Waals surface area contributed by atoms with Crippen LogP contribution < -0.4 is 14.8 Å². The molecule has 0 saturated carbocycles. The molecule has 116 valence electrons. The van der Waals surface area contributed by atoms with Gasteiger partial charge in [-0.2, -0.15) is 0 Å². The first-order valence-electron chi connectivity index (χ1n) is 7.33. The van der Waals surface area contributed by atoms with E-state index in [1.54, 1.807) is 6.07 Å². The molecule has 22 heavy (non-hydrogen) atoms. The standard InChI is InChI=1S/C17H19NO4/c1-10-8-9-13(20-10)11(2)18-17(19)16-12(3)21-14-6-4-5-7-15(14)22-16/h4-9,11-12,16H,1-3H3,(H,18,19). The average Bonchev–Trinajstić information content (AvgIpc) is 2.93. The van der Waals surface area contributed by atoms with E-state index < -0.39 is 6.10 Å². The van der Waals surface area contributed by atoms with E-state index in [1.165, 1.54) is 0 Å². The van der Waals surface area contributed by atoms with Crippen LogP contribution in [0.15, 0.2) is 40.8 Å². The second-order valence-electron chi connectivity index (χ2n) is 5.49. The van der Waals surface area contributed by atoms with Gasteiger partial charge in [0, 0.05) is 0 Å². The number of hydrogen-bond acceptors (Lipinski definition) is 4. The number of nitrogens with one attached hydrogen (secondary N) is 1. The van der Waals surface area contributed by atoms with E-state index >= 15 is 0 Å². The number of amides is 1. The highest BCUT2D eigenvalue weighted by Crippen LogP contribution is 2.33. The summed E-state index contributed by atoms with van der Waals surface area (Å²) in [6.07, 6.45) is -1.05. The highest BCUT2D eigenvalue weighted by atomic mass is 16.6. The lowest BCUT2D eigenvalue weighted by atomic mass is 10.1. The van der Waals surface area contributed by atoms with Crippen LogP contribution in [0.5, 0.6) is 11.5 Å². The van der Waals surface area contributed by atoms with Gasteiger partial charge in [0.1, 0.15) is 17.6 Å². The highest BCUT2D eigenvalue weighted by Gasteiger charge is 2.34. The van der Waals surface area contributed by atoms with Crippen molar-refractivity contribution in [2.75, 3.05) is 0 Å². The highest BCUT2D eigenvalue weighted by molar-refractivity contribution is 5.82. The largest absolute Gasteiger partial charge is 0.482 e. The first-order valence-corrected chi connectivity index (χ1v) is 7.33. The topological polar surface area (TPSA) is 60.7 Å². The van der Waals surface area contributed by atoms with Gasteiger partial charge in [-0.05, 0) is 45.0 Å². The van der Waals surface area contributed by atoms with Gasteiger partial charge >= 0.3 is 0 Å². The number of ether oxygens (including phenoxy) is 2. The molecule has 3 atom stereocenters. The Balaban J connectivity index is 1.70. The summed E-state index contributed by atoms with van der Waals surface area (Å²) in [5.74, 6) is 2.56. The third kappa shape index (κ3) is 2.79. The van der Waals surface area contributed by atoms with Gasteiger partial charge in [-0.25, -0.2) is 0 Å². The van der Waals surface area contributed by atoms with Crippen LogP contribution in [0.1, 0.15) is 31.4 Å². The van der Waals surface area contributed by atoms with Gasteiger partial charge in [0.05, 0.1) is 6.04 Å². The second kappa shape index (κ2) is 5.75. The van der Waals surface area contributed by atoms with Crippen molar-refractivity contribution in [1.82, 2.24) is 5.32 Å². The summed E-state index contributed by atoms with van der Waals surface area (Å²) < 4.78 is 17.1. The van der Waals surface area contributed by atoms with Crippen LogP contribution >= 0.6 is 0 Å². The molecule has 2 heterocycles. The number of para-hydroxylation sites is 2. The molecule has 0 saturated heterocycles. The molecule has 0 radical (unpaired) electrons. The normalized spacial score (nSPS) is 21.2. The molecule has 1 amide bonds. The molecule has 5 nitrogen and oxygen atoms in total. The molecule has 1 aliphatic rings. The van der Waals surface area contributed by atoms with Gasteiger partial charge < -0.3 is 19.2 Å². The predicted molar refractivity (Wildman–Crippen MR) is 81.0 cm³/mol. The van der Waals surface area contributed by atoms with Gasteiger partial charge in [-0.15, -0.1) is 0 Å². The molecule has 2 aromatic rings. The Morgan fingerprint density at radius 2 is 1.82 bits per heavy atom. The number of carbonyl (C=O) groups is 1. The summed E-state index contributed by atoms with van der Waals surface area (Å²) in [6.45, 7) is 5.56. The Labute approximate surface area is 129 Å². The summed E-state index contributed by atoms with van der Waals surface area (Å²) >= 11 is 0. The lowest BCUT2D eigenvalue weighted by Gasteiger charge is -2.31. The molecule has 1 N–H and O–H groups in total. The molecule has 0 fully saturated rings. The lowest BCUT2D eigenvalue weighted by Crippen LogP contribution is -2.49. The van der Waals surface area contributed by atoms with E-state index in [1.807, 2.05) is 51.1 Å². The molecule has 5 heteroatoms. The number of furan rings is 1. The molecule has 1 aliphatic heterocycles. The Hall–Kier alpha value is -2.43. The van der Waals surface area contributed by atoms with E-state index in [0.717, 1.165) is 11.5 Å². The zero-order chi connectivity index (χ0) is 15.7. The van der Waals surface area contributed by atoms with Crippen molar-refractivity contribution in [2.24, 2.45) is 0 Å². The van der Waals surface area contributed by atoms with Crippen molar-refractivity contribution in [3.05, 3.63) is 47.9 Å². The number of hydrogen-bond donors (Lipinski definition) is 1. The molecule has 3 unspecified atom stereocenters. The quantitative estimate of drug-likeness (QED) is 0.946. The first kappa shape index (κ1) is 14.5. The lowest BCUT2D eigenvalue weighted by molar-refractivity contribution is -0.134. The predicted octanol–water partition coefficient (Wildman–Crippen LogP) is 2.99. The van der Waals surface area contributed by atoms with Crippen molar-refractivity contribution in [1.29, 1.82) is 0 Å². The van der Waals surface area contributed by atoms with Crippen molar-refractivity contribution < 1.29 is 18.7 Å². The molecule has 0 bridgehead atoms. The van der Waals surface area contributed by atoms with E-state index in [9.17, 15) is 4.79 Å². The Morgan fingerprint density at radius 1 is 1.14 bits per heavy atom. The molecule has 1 aromatic carbocycles. The minimum Gasteiger partial charge on any atom is -0.482 e. The van der Waals surface area contributed by atoms with E-state index in [2.05, 4.69) is 5.32 Å². The number of carbonyl (C=O) groups excluding carboxylic acids is 1. The maximum Gasteiger partial charge on any atom is 0.265 e. The molecular weight excluding hydrogens is 282 g/mol.